The number of para-hydroxylation sites is 1. The molecule has 0 atom stereocenters. The molecule has 27 heavy (non-hydrogen) atoms. The monoisotopic (exact) mass is 387 g/mol. The molecule has 144 valence electrons. The first-order chi connectivity index (χ1) is 13.1. The number of aryl methyl sites for hydroxylation is 1. The number of nitrogens with one attached hydrogen (secondary N) is 1. The minimum absolute atomic E-state index is 0.0284. The Morgan fingerprint density at radius 2 is 1.81 bits per heavy atom. The molecule has 0 unspecified atom stereocenters. The van der Waals surface area contributed by atoms with Gasteiger partial charge in [-0.05, 0) is 36.8 Å². The predicted molar refractivity (Wildman–Crippen MR) is 110 cm³/mol. The van der Waals surface area contributed by atoms with Crippen LogP contribution in [0.15, 0.2) is 48.5 Å². The van der Waals surface area contributed by atoms with E-state index >= 15 is 0 Å². The lowest BCUT2D eigenvalue weighted by Gasteiger charge is -2.34. The summed E-state index contributed by atoms with van der Waals surface area (Å²) in [5.74, 6) is 0.893. The van der Waals surface area contributed by atoms with Gasteiger partial charge >= 0.3 is 0 Å². The van der Waals surface area contributed by atoms with Gasteiger partial charge in [0.2, 0.25) is 5.91 Å². The lowest BCUT2D eigenvalue weighted by molar-refractivity contribution is -0.117. The van der Waals surface area contributed by atoms with E-state index in [1.54, 1.807) is 6.07 Å². The molecule has 0 aromatic heterocycles. The van der Waals surface area contributed by atoms with Crippen LogP contribution in [0.25, 0.3) is 0 Å². The average Bonchev–Trinajstić information content (AvgIpc) is 2.65. The molecule has 1 aliphatic rings. The van der Waals surface area contributed by atoms with Gasteiger partial charge in [0.25, 0.3) is 0 Å². The lowest BCUT2D eigenvalue weighted by atomic mass is 10.2. The topological polar surface area (TPSA) is 44.8 Å². The van der Waals surface area contributed by atoms with Crippen LogP contribution in [-0.4, -0.2) is 61.6 Å². The fraction of sp³-hybridized carbons (Fsp3) is 0.381. The Balaban J connectivity index is 1.35. The van der Waals surface area contributed by atoms with E-state index in [-0.39, 0.29) is 5.91 Å². The van der Waals surface area contributed by atoms with E-state index in [9.17, 15) is 4.79 Å². The molecule has 1 heterocycles. The largest absolute Gasteiger partial charge is 0.492 e. The molecule has 1 aliphatic heterocycles. The van der Waals surface area contributed by atoms with Crippen molar-refractivity contribution in [2.24, 2.45) is 0 Å². The van der Waals surface area contributed by atoms with Crippen molar-refractivity contribution >= 4 is 23.2 Å². The quantitative estimate of drug-likeness (QED) is 0.791. The second-order valence-corrected chi connectivity index (χ2v) is 7.22. The van der Waals surface area contributed by atoms with E-state index in [0.717, 1.165) is 38.5 Å². The van der Waals surface area contributed by atoms with E-state index in [4.69, 9.17) is 16.3 Å². The summed E-state index contributed by atoms with van der Waals surface area (Å²) in [7, 11) is 0. The number of ether oxygens (including phenoxy) is 1. The number of rotatable bonds is 7. The normalized spacial score (nSPS) is 15.5. The van der Waals surface area contributed by atoms with Crippen molar-refractivity contribution in [2.75, 3.05) is 51.2 Å². The van der Waals surface area contributed by atoms with E-state index < -0.39 is 0 Å². The zero-order valence-corrected chi connectivity index (χ0v) is 16.4. The summed E-state index contributed by atoms with van der Waals surface area (Å²) in [6.07, 6.45) is 0. The predicted octanol–water partition coefficient (Wildman–Crippen LogP) is 3.28. The molecular formula is C21H26ClN3O2. The molecule has 1 N–H and O–H groups in total. The van der Waals surface area contributed by atoms with Gasteiger partial charge in [0, 0.05) is 32.7 Å². The van der Waals surface area contributed by atoms with Crippen molar-refractivity contribution in [3.8, 4) is 5.75 Å². The van der Waals surface area contributed by atoms with Crippen LogP contribution in [0.4, 0.5) is 5.69 Å². The van der Waals surface area contributed by atoms with Crippen molar-refractivity contribution < 1.29 is 9.53 Å². The number of anilines is 1. The van der Waals surface area contributed by atoms with Gasteiger partial charge in [-0.15, -0.1) is 0 Å². The molecule has 0 radical (unpaired) electrons. The van der Waals surface area contributed by atoms with Crippen LogP contribution in [0.2, 0.25) is 5.02 Å². The highest BCUT2D eigenvalue weighted by Crippen LogP contribution is 2.20. The van der Waals surface area contributed by atoms with E-state index in [1.165, 1.54) is 5.56 Å². The molecular weight excluding hydrogens is 362 g/mol. The maximum atomic E-state index is 12.2. The first-order valence-electron chi connectivity index (χ1n) is 9.29. The minimum Gasteiger partial charge on any atom is -0.492 e. The third kappa shape index (κ3) is 6.24. The van der Waals surface area contributed by atoms with Crippen molar-refractivity contribution in [2.45, 2.75) is 6.92 Å². The molecule has 0 saturated carbocycles. The SMILES string of the molecule is Cc1cccc(OCCN2CCN(CC(=O)Nc3ccccc3Cl)CC2)c1. The van der Waals surface area contributed by atoms with E-state index in [0.29, 0.717) is 23.9 Å². The Morgan fingerprint density at radius 1 is 1.07 bits per heavy atom. The van der Waals surface area contributed by atoms with Crippen molar-refractivity contribution in [1.29, 1.82) is 0 Å². The molecule has 2 aromatic rings. The summed E-state index contributed by atoms with van der Waals surface area (Å²) in [5, 5.41) is 3.44. The van der Waals surface area contributed by atoms with Crippen LogP contribution in [0.1, 0.15) is 5.56 Å². The van der Waals surface area contributed by atoms with Gasteiger partial charge in [-0.2, -0.15) is 0 Å². The molecule has 6 heteroatoms. The third-order valence-electron chi connectivity index (χ3n) is 4.65. The Bertz CT molecular complexity index is 761. The summed E-state index contributed by atoms with van der Waals surface area (Å²) < 4.78 is 5.83. The molecule has 0 aliphatic carbocycles. The molecule has 5 nitrogen and oxygen atoms in total. The summed E-state index contributed by atoms with van der Waals surface area (Å²) in [4.78, 5) is 16.8. The zero-order valence-electron chi connectivity index (χ0n) is 15.7. The Kier molecular flexibility index (Phi) is 7.10. The van der Waals surface area contributed by atoms with E-state index in [2.05, 4.69) is 34.2 Å². The van der Waals surface area contributed by atoms with E-state index in [1.807, 2.05) is 30.3 Å². The van der Waals surface area contributed by atoms with Gasteiger partial charge < -0.3 is 10.1 Å². The van der Waals surface area contributed by atoms with Crippen LogP contribution >= 0.6 is 11.6 Å². The number of piperazine rings is 1. The molecule has 1 saturated heterocycles. The van der Waals surface area contributed by atoms with Gasteiger partial charge in [-0.3, -0.25) is 14.6 Å². The van der Waals surface area contributed by atoms with Gasteiger partial charge in [-0.25, -0.2) is 0 Å². The zero-order chi connectivity index (χ0) is 19.1. The number of amides is 1. The van der Waals surface area contributed by atoms with Crippen LogP contribution < -0.4 is 10.1 Å². The summed E-state index contributed by atoms with van der Waals surface area (Å²) in [6.45, 7) is 7.66. The maximum Gasteiger partial charge on any atom is 0.238 e. The molecule has 3 rings (SSSR count). The lowest BCUT2D eigenvalue weighted by Crippen LogP contribution is -2.49. The molecule has 2 aromatic carbocycles. The smallest absolute Gasteiger partial charge is 0.238 e. The fourth-order valence-electron chi connectivity index (χ4n) is 3.12. The molecule has 1 fully saturated rings. The third-order valence-corrected chi connectivity index (χ3v) is 4.98. The molecule has 0 bridgehead atoms. The fourth-order valence-corrected chi connectivity index (χ4v) is 3.31. The Hall–Kier alpha value is -2.08. The van der Waals surface area contributed by atoms with Gasteiger partial charge in [0.05, 0.1) is 17.3 Å². The number of nitrogens with zero attached hydrogens (tertiary/aromatic N) is 2. The Labute approximate surface area is 165 Å². The standard InChI is InChI=1S/C21H26ClN3O2/c1-17-5-4-6-18(15-17)27-14-13-24-9-11-25(12-10-24)16-21(26)23-20-8-3-2-7-19(20)22/h2-8,15H,9-14,16H2,1H3,(H,23,26). The number of hydrogen-bond acceptors (Lipinski definition) is 4. The second kappa shape index (κ2) is 9.74. The number of carbonyl (C=O) groups excluding carboxylic acids is 1. The Morgan fingerprint density at radius 3 is 2.56 bits per heavy atom. The number of carbonyl (C=O) groups is 1. The summed E-state index contributed by atoms with van der Waals surface area (Å²) >= 11 is 6.08. The van der Waals surface area contributed by atoms with Gasteiger partial charge in [0.1, 0.15) is 12.4 Å². The molecule has 0 spiro atoms. The number of halogens is 1. The number of benzene rings is 2. The highest BCUT2D eigenvalue weighted by atomic mass is 35.5. The van der Waals surface area contributed by atoms with Crippen LogP contribution in [0.5, 0.6) is 5.75 Å². The summed E-state index contributed by atoms with van der Waals surface area (Å²) in [5.41, 5.74) is 1.87. The van der Waals surface area contributed by atoms with Crippen molar-refractivity contribution in [3.63, 3.8) is 0 Å². The summed E-state index contributed by atoms with van der Waals surface area (Å²) in [6, 6.07) is 15.4. The average molecular weight is 388 g/mol. The maximum absolute atomic E-state index is 12.2. The molecule has 1 amide bonds. The van der Waals surface area contributed by atoms with Crippen LogP contribution in [0.3, 0.4) is 0 Å². The van der Waals surface area contributed by atoms with Crippen molar-refractivity contribution in [1.82, 2.24) is 9.80 Å². The first-order valence-corrected chi connectivity index (χ1v) is 9.66. The minimum atomic E-state index is -0.0284. The highest BCUT2D eigenvalue weighted by molar-refractivity contribution is 6.33. The number of hydrogen-bond donors (Lipinski definition) is 1. The van der Waals surface area contributed by atoms with Gasteiger partial charge in [-0.1, -0.05) is 35.9 Å². The van der Waals surface area contributed by atoms with Crippen molar-refractivity contribution in [3.05, 3.63) is 59.1 Å². The first kappa shape index (κ1) is 19.7. The van der Waals surface area contributed by atoms with Crippen LogP contribution in [-0.2, 0) is 4.79 Å². The highest BCUT2D eigenvalue weighted by Gasteiger charge is 2.19. The second-order valence-electron chi connectivity index (χ2n) is 6.81. The van der Waals surface area contributed by atoms with Gasteiger partial charge in [0.15, 0.2) is 0 Å². The van der Waals surface area contributed by atoms with Crippen LogP contribution in [0, 0.1) is 6.92 Å².